The summed E-state index contributed by atoms with van der Waals surface area (Å²) in [5, 5.41) is 10.1. The minimum Gasteiger partial charge on any atom is -0.493 e. The number of amides is 1. The lowest BCUT2D eigenvalue weighted by molar-refractivity contribution is 0.0934. The molecule has 3 aromatic rings. The molecule has 0 saturated carbocycles. The predicted octanol–water partition coefficient (Wildman–Crippen LogP) is 6.31. The van der Waals surface area contributed by atoms with Crippen LogP contribution in [0.5, 0.6) is 5.75 Å². The van der Waals surface area contributed by atoms with Crippen LogP contribution in [0.25, 0.3) is 10.8 Å². The van der Waals surface area contributed by atoms with E-state index >= 15 is 0 Å². The van der Waals surface area contributed by atoms with Crippen LogP contribution in [0.4, 0.5) is 5.00 Å². The van der Waals surface area contributed by atoms with Gasteiger partial charge in [-0.15, -0.1) is 11.3 Å². The highest BCUT2D eigenvalue weighted by Gasteiger charge is 2.37. The van der Waals surface area contributed by atoms with Crippen LogP contribution < -0.4 is 15.4 Å². The van der Waals surface area contributed by atoms with E-state index in [9.17, 15) is 4.79 Å². The number of nitrogens with one attached hydrogen (secondary N) is 2. The maximum absolute atomic E-state index is 13.3. The van der Waals surface area contributed by atoms with Gasteiger partial charge >= 0.3 is 0 Å². The maximum Gasteiger partial charge on any atom is 0.256 e. The fourth-order valence-electron chi connectivity index (χ4n) is 5.04. The molecule has 0 radical (unpaired) electrons. The molecule has 1 aliphatic heterocycles. The SMILES string of the molecule is CCOc1ccc2ccccc2c1C1NC(=O)c2c(sc3c2CCC(C(C)(C)C)C3)N1. The van der Waals surface area contributed by atoms with Crippen LogP contribution in [-0.4, -0.2) is 12.5 Å². The zero-order valence-corrected chi connectivity index (χ0v) is 19.5. The quantitative estimate of drug-likeness (QED) is 0.508. The lowest BCUT2D eigenvalue weighted by atomic mass is 9.72. The number of rotatable bonds is 3. The minimum absolute atomic E-state index is 0.0286. The average molecular weight is 435 g/mol. The maximum atomic E-state index is 13.3. The summed E-state index contributed by atoms with van der Waals surface area (Å²) in [6.07, 6.45) is 2.88. The molecule has 2 atom stereocenters. The largest absolute Gasteiger partial charge is 0.493 e. The number of anilines is 1. The summed E-state index contributed by atoms with van der Waals surface area (Å²) in [7, 11) is 0. The van der Waals surface area contributed by atoms with Gasteiger partial charge in [-0.2, -0.15) is 0 Å². The number of benzene rings is 2. The molecule has 2 heterocycles. The van der Waals surface area contributed by atoms with Crippen molar-refractivity contribution < 1.29 is 9.53 Å². The van der Waals surface area contributed by atoms with Gasteiger partial charge in [0.2, 0.25) is 0 Å². The molecule has 1 aromatic heterocycles. The van der Waals surface area contributed by atoms with Crippen molar-refractivity contribution in [2.24, 2.45) is 11.3 Å². The Morgan fingerprint density at radius 3 is 2.71 bits per heavy atom. The molecular formula is C26H30N2O2S. The van der Waals surface area contributed by atoms with Gasteiger partial charge in [-0.05, 0) is 59.9 Å². The van der Waals surface area contributed by atoms with E-state index < -0.39 is 0 Å². The van der Waals surface area contributed by atoms with Gasteiger partial charge in [-0.3, -0.25) is 4.79 Å². The summed E-state index contributed by atoms with van der Waals surface area (Å²) in [6.45, 7) is 9.55. The van der Waals surface area contributed by atoms with Gasteiger partial charge in [0.05, 0.1) is 12.2 Å². The molecule has 0 saturated heterocycles. The highest BCUT2D eigenvalue weighted by atomic mass is 32.1. The van der Waals surface area contributed by atoms with Crippen molar-refractivity contribution >= 4 is 33.0 Å². The second-order valence-corrected chi connectivity index (χ2v) is 10.8. The molecule has 2 N–H and O–H groups in total. The normalized spacial score (nSPS) is 20.6. The van der Waals surface area contributed by atoms with E-state index in [1.54, 1.807) is 11.3 Å². The van der Waals surface area contributed by atoms with Crippen LogP contribution in [0.3, 0.4) is 0 Å². The van der Waals surface area contributed by atoms with E-state index in [4.69, 9.17) is 4.74 Å². The summed E-state index contributed by atoms with van der Waals surface area (Å²) in [5.74, 6) is 1.50. The number of fused-ring (bicyclic) bond motifs is 4. The zero-order chi connectivity index (χ0) is 21.8. The number of thiophene rings is 1. The third kappa shape index (κ3) is 3.49. The van der Waals surface area contributed by atoms with E-state index in [-0.39, 0.29) is 17.5 Å². The monoisotopic (exact) mass is 434 g/mol. The first kappa shape index (κ1) is 20.4. The molecule has 31 heavy (non-hydrogen) atoms. The Bertz CT molecular complexity index is 1160. The van der Waals surface area contributed by atoms with Gasteiger partial charge < -0.3 is 15.4 Å². The Labute approximate surface area is 188 Å². The zero-order valence-electron chi connectivity index (χ0n) is 18.7. The van der Waals surface area contributed by atoms with Gasteiger partial charge in [0.15, 0.2) is 0 Å². The minimum atomic E-state index is -0.314. The molecule has 2 aromatic carbocycles. The first-order chi connectivity index (χ1) is 14.9. The Hall–Kier alpha value is -2.53. The highest BCUT2D eigenvalue weighted by molar-refractivity contribution is 7.16. The molecule has 162 valence electrons. The van der Waals surface area contributed by atoms with Gasteiger partial charge in [-0.25, -0.2) is 0 Å². The van der Waals surface area contributed by atoms with Crippen LogP contribution in [0.1, 0.15) is 66.6 Å². The summed E-state index contributed by atoms with van der Waals surface area (Å²) in [5.41, 5.74) is 3.40. The number of hydrogen-bond acceptors (Lipinski definition) is 4. The number of carbonyl (C=O) groups excluding carboxylic acids is 1. The van der Waals surface area contributed by atoms with Gasteiger partial charge in [0, 0.05) is 10.4 Å². The van der Waals surface area contributed by atoms with Crippen molar-refractivity contribution in [3.05, 3.63) is 58.0 Å². The van der Waals surface area contributed by atoms with Crippen molar-refractivity contribution in [2.45, 2.75) is 53.1 Å². The van der Waals surface area contributed by atoms with Crippen molar-refractivity contribution in [1.29, 1.82) is 0 Å². The molecule has 2 aliphatic rings. The molecule has 4 nitrogen and oxygen atoms in total. The molecule has 0 bridgehead atoms. The Kier molecular flexibility index (Phi) is 4.97. The Morgan fingerprint density at radius 2 is 1.94 bits per heavy atom. The predicted molar refractivity (Wildman–Crippen MR) is 128 cm³/mol. The van der Waals surface area contributed by atoms with E-state index in [1.165, 1.54) is 10.4 Å². The van der Waals surface area contributed by atoms with Crippen molar-refractivity contribution in [3.8, 4) is 5.75 Å². The summed E-state index contributed by atoms with van der Waals surface area (Å²) in [4.78, 5) is 14.7. The van der Waals surface area contributed by atoms with E-state index in [0.29, 0.717) is 12.5 Å². The topological polar surface area (TPSA) is 50.4 Å². The molecule has 2 unspecified atom stereocenters. The van der Waals surface area contributed by atoms with E-state index in [1.807, 2.05) is 25.1 Å². The van der Waals surface area contributed by atoms with Crippen LogP contribution in [-0.2, 0) is 12.8 Å². The Morgan fingerprint density at radius 1 is 1.13 bits per heavy atom. The molecule has 1 amide bonds. The first-order valence-corrected chi connectivity index (χ1v) is 12.0. The van der Waals surface area contributed by atoms with Crippen molar-refractivity contribution in [3.63, 3.8) is 0 Å². The average Bonchev–Trinajstić information content (AvgIpc) is 3.11. The van der Waals surface area contributed by atoms with Crippen molar-refractivity contribution in [2.75, 3.05) is 11.9 Å². The third-order valence-electron chi connectivity index (χ3n) is 6.79. The standard InChI is InChI=1S/C26H30N2O2S/c1-5-30-19-13-10-15-8-6-7-9-17(15)21(19)23-27-24(29)22-18-12-11-16(26(2,3)4)14-20(18)31-25(22)28-23/h6-10,13,16,23,28H,5,11-12,14H2,1-4H3,(H,27,29). The molecule has 0 fully saturated rings. The van der Waals surface area contributed by atoms with Crippen LogP contribution in [0.2, 0.25) is 0 Å². The van der Waals surface area contributed by atoms with Crippen molar-refractivity contribution in [1.82, 2.24) is 5.32 Å². The smallest absolute Gasteiger partial charge is 0.256 e. The van der Waals surface area contributed by atoms with Crippen LogP contribution in [0.15, 0.2) is 36.4 Å². The fraction of sp³-hybridized carbons (Fsp3) is 0.423. The van der Waals surface area contributed by atoms with E-state index in [0.717, 1.165) is 51.9 Å². The number of hydrogen-bond donors (Lipinski definition) is 2. The number of carbonyl (C=O) groups is 1. The van der Waals surface area contributed by atoms with Gasteiger partial charge in [-0.1, -0.05) is 51.1 Å². The highest BCUT2D eigenvalue weighted by Crippen LogP contribution is 2.47. The summed E-state index contributed by atoms with van der Waals surface area (Å²) in [6, 6.07) is 12.4. The fourth-order valence-corrected chi connectivity index (χ4v) is 6.39. The molecule has 1 aliphatic carbocycles. The summed E-state index contributed by atoms with van der Waals surface area (Å²) >= 11 is 1.77. The second-order valence-electron chi connectivity index (χ2n) is 9.70. The van der Waals surface area contributed by atoms with E-state index in [2.05, 4.69) is 49.6 Å². The molecule has 0 spiro atoms. The molecule has 5 heteroatoms. The second kappa shape index (κ2) is 7.56. The van der Waals surface area contributed by atoms with Gasteiger partial charge in [0.1, 0.15) is 16.9 Å². The first-order valence-electron chi connectivity index (χ1n) is 11.2. The van der Waals surface area contributed by atoms with Gasteiger partial charge in [0.25, 0.3) is 5.91 Å². The molecule has 5 rings (SSSR count). The van der Waals surface area contributed by atoms with Crippen LogP contribution >= 0.6 is 11.3 Å². The summed E-state index contributed by atoms with van der Waals surface area (Å²) < 4.78 is 5.97. The van der Waals surface area contributed by atoms with Crippen LogP contribution in [0, 0.1) is 11.3 Å². The Balaban J connectivity index is 1.55. The number of ether oxygens (including phenoxy) is 1. The lowest BCUT2D eigenvalue weighted by Gasteiger charge is -2.34. The lowest BCUT2D eigenvalue weighted by Crippen LogP contribution is -2.38. The molecular weight excluding hydrogens is 404 g/mol. The third-order valence-corrected chi connectivity index (χ3v) is 7.97.